The summed E-state index contributed by atoms with van der Waals surface area (Å²) in [5, 5.41) is 11.5. The van der Waals surface area contributed by atoms with Crippen LogP contribution in [0.4, 0.5) is 5.82 Å². The van der Waals surface area contributed by atoms with E-state index in [4.69, 9.17) is 15.7 Å². The standard InChI is InChI=1S/C13H21N5O2/c1-12(2)7-18(8-13(3,4)20-12)10-6-15-9(5-16-10)11(14)17-19/h5-6,19H,7-8H2,1-4H3,(H2,14,17). The van der Waals surface area contributed by atoms with Gasteiger partial charge >= 0.3 is 0 Å². The van der Waals surface area contributed by atoms with Gasteiger partial charge in [-0.2, -0.15) is 0 Å². The second-order valence-corrected chi connectivity index (χ2v) is 6.22. The minimum absolute atomic E-state index is 0.0494. The summed E-state index contributed by atoms with van der Waals surface area (Å²) in [5.41, 5.74) is 5.31. The summed E-state index contributed by atoms with van der Waals surface area (Å²) < 4.78 is 6.03. The predicted octanol–water partition coefficient (Wildman–Crippen LogP) is 0.965. The number of aromatic nitrogens is 2. The zero-order chi connectivity index (χ0) is 15.0. The molecule has 1 aromatic rings. The molecule has 3 N–H and O–H groups in total. The van der Waals surface area contributed by atoms with Crippen molar-refractivity contribution in [2.24, 2.45) is 10.9 Å². The predicted molar refractivity (Wildman–Crippen MR) is 76.0 cm³/mol. The van der Waals surface area contributed by atoms with Crippen LogP contribution in [0.25, 0.3) is 0 Å². The van der Waals surface area contributed by atoms with E-state index < -0.39 is 0 Å². The molecule has 0 atom stereocenters. The molecular weight excluding hydrogens is 258 g/mol. The third kappa shape index (κ3) is 3.16. The fourth-order valence-electron chi connectivity index (χ4n) is 2.62. The Labute approximate surface area is 118 Å². The van der Waals surface area contributed by atoms with E-state index in [9.17, 15) is 0 Å². The van der Waals surface area contributed by atoms with Gasteiger partial charge in [-0.3, -0.25) is 0 Å². The monoisotopic (exact) mass is 279 g/mol. The molecule has 7 nitrogen and oxygen atoms in total. The SMILES string of the molecule is CC1(C)CN(c2cnc(C(N)=NO)cn2)CC(C)(C)O1. The van der Waals surface area contributed by atoms with Crippen molar-refractivity contribution < 1.29 is 9.94 Å². The van der Waals surface area contributed by atoms with Gasteiger partial charge in [-0.05, 0) is 27.7 Å². The Morgan fingerprint density at radius 3 is 2.30 bits per heavy atom. The molecule has 0 aromatic carbocycles. The van der Waals surface area contributed by atoms with E-state index in [-0.39, 0.29) is 17.0 Å². The molecule has 0 saturated carbocycles. The average molecular weight is 279 g/mol. The van der Waals surface area contributed by atoms with Crippen molar-refractivity contribution in [3.63, 3.8) is 0 Å². The van der Waals surface area contributed by atoms with Gasteiger partial charge in [-0.15, -0.1) is 0 Å². The molecule has 2 heterocycles. The van der Waals surface area contributed by atoms with Gasteiger partial charge in [0.25, 0.3) is 0 Å². The van der Waals surface area contributed by atoms with E-state index in [1.54, 1.807) is 6.20 Å². The van der Waals surface area contributed by atoms with Gasteiger partial charge < -0.3 is 20.6 Å². The topological polar surface area (TPSA) is 96.9 Å². The van der Waals surface area contributed by atoms with Gasteiger partial charge in [0.15, 0.2) is 5.84 Å². The molecular formula is C13H21N5O2. The van der Waals surface area contributed by atoms with Crippen LogP contribution in [0.1, 0.15) is 33.4 Å². The first-order valence-corrected chi connectivity index (χ1v) is 6.47. The summed E-state index contributed by atoms with van der Waals surface area (Å²) in [5.74, 6) is 0.704. The number of hydrogen-bond donors (Lipinski definition) is 2. The van der Waals surface area contributed by atoms with Gasteiger partial charge in [-0.25, -0.2) is 9.97 Å². The van der Waals surface area contributed by atoms with Crippen LogP contribution in [0.2, 0.25) is 0 Å². The summed E-state index contributed by atoms with van der Waals surface area (Å²) >= 11 is 0. The minimum Gasteiger partial charge on any atom is -0.409 e. The number of hydrogen-bond acceptors (Lipinski definition) is 6. The van der Waals surface area contributed by atoms with Gasteiger partial charge in [0.2, 0.25) is 0 Å². The van der Waals surface area contributed by atoms with Crippen LogP contribution in [-0.4, -0.2) is 45.3 Å². The average Bonchev–Trinajstić information content (AvgIpc) is 2.34. The van der Waals surface area contributed by atoms with Crippen molar-refractivity contribution in [3.8, 4) is 0 Å². The molecule has 1 saturated heterocycles. The number of nitrogens with two attached hydrogens (primary N) is 1. The Morgan fingerprint density at radius 2 is 1.85 bits per heavy atom. The summed E-state index contributed by atoms with van der Waals surface area (Å²) in [7, 11) is 0. The Kier molecular flexibility index (Phi) is 3.56. The van der Waals surface area contributed by atoms with Crippen molar-refractivity contribution in [3.05, 3.63) is 18.1 Å². The lowest BCUT2D eigenvalue weighted by molar-refractivity contribution is -0.133. The molecule has 0 unspecified atom stereocenters. The first kappa shape index (κ1) is 14.5. The van der Waals surface area contributed by atoms with Crippen LogP contribution in [0, 0.1) is 0 Å². The van der Waals surface area contributed by atoms with E-state index in [0.29, 0.717) is 5.69 Å². The van der Waals surface area contributed by atoms with Gasteiger partial charge in [0.05, 0.1) is 23.6 Å². The molecule has 20 heavy (non-hydrogen) atoms. The maximum Gasteiger partial charge on any atom is 0.190 e. The maximum absolute atomic E-state index is 8.61. The van der Waals surface area contributed by atoms with Crippen LogP contribution in [0.5, 0.6) is 0 Å². The highest BCUT2D eigenvalue weighted by atomic mass is 16.5. The van der Waals surface area contributed by atoms with Crippen molar-refractivity contribution >= 4 is 11.7 Å². The zero-order valence-electron chi connectivity index (χ0n) is 12.3. The first-order chi connectivity index (χ1) is 9.22. The summed E-state index contributed by atoms with van der Waals surface area (Å²) in [4.78, 5) is 10.6. The normalized spacial score (nSPS) is 21.8. The van der Waals surface area contributed by atoms with Crippen molar-refractivity contribution in [2.75, 3.05) is 18.0 Å². The molecule has 1 aliphatic rings. The Bertz CT molecular complexity index is 494. The highest BCUT2D eigenvalue weighted by Crippen LogP contribution is 2.30. The third-order valence-corrected chi connectivity index (χ3v) is 3.03. The number of morpholine rings is 1. The van der Waals surface area contributed by atoms with Crippen LogP contribution in [0.15, 0.2) is 17.5 Å². The van der Waals surface area contributed by atoms with Gasteiger partial charge in [0.1, 0.15) is 11.5 Å². The quantitative estimate of drug-likeness (QED) is 0.362. The zero-order valence-corrected chi connectivity index (χ0v) is 12.3. The lowest BCUT2D eigenvalue weighted by Gasteiger charge is -2.47. The molecule has 7 heteroatoms. The second-order valence-electron chi connectivity index (χ2n) is 6.22. The summed E-state index contributed by atoms with van der Waals surface area (Å²) in [6.45, 7) is 9.68. The van der Waals surface area contributed by atoms with Crippen LogP contribution < -0.4 is 10.6 Å². The van der Waals surface area contributed by atoms with E-state index in [1.807, 2.05) is 0 Å². The molecule has 0 radical (unpaired) electrons. The molecule has 110 valence electrons. The first-order valence-electron chi connectivity index (χ1n) is 6.47. The molecule has 2 rings (SSSR count). The van der Waals surface area contributed by atoms with Crippen LogP contribution >= 0.6 is 0 Å². The molecule has 0 spiro atoms. The molecule has 1 fully saturated rings. The largest absolute Gasteiger partial charge is 0.409 e. The van der Waals surface area contributed by atoms with Gasteiger partial charge in [-0.1, -0.05) is 5.16 Å². The van der Waals surface area contributed by atoms with E-state index in [1.165, 1.54) is 6.20 Å². The van der Waals surface area contributed by atoms with Crippen molar-refractivity contribution in [1.29, 1.82) is 0 Å². The van der Waals surface area contributed by atoms with Crippen molar-refractivity contribution in [2.45, 2.75) is 38.9 Å². The number of ether oxygens (including phenoxy) is 1. The maximum atomic E-state index is 8.61. The van der Waals surface area contributed by atoms with Crippen LogP contribution in [-0.2, 0) is 4.74 Å². The molecule has 0 bridgehead atoms. The molecule has 1 aliphatic heterocycles. The smallest absolute Gasteiger partial charge is 0.190 e. The van der Waals surface area contributed by atoms with E-state index in [0.717, 1.165) is 18.9 Å². The number of nitrogens with zero attached hydrogens (tertiary/aromatic N) is 4. The third-order valence-electron chi connectivity index (χ3n) is 3.03. The number of amidine groups is 1. The van der Waals surface area contributed by atoms with Gasteiger partial charge in [0, 0.05) is 13.1 Å². The van der Waals surface area contributed by atoms with E-state index in [2.05, 4.69) is 47.7 Å². The summed E-state index contributed by atoms with van der Waals surface area (Å²) in [6.07, 6.45) is 3.13. The Balaban J connectivity index is 2.23. The lowest BCUT2D eigenvalue weighted by atomic mass is 9.99. The highest BCUT2D eigenvalue weighted by molar-refractivity contribution is 5.94. The number of anilines is 1. The fourth-order valence-corrected chi connectivity index (χ4v) is 2.62. The summed E-state index contributed by atoms with van der Waals surface area (Å²) in [6, 6.07) is 0. The van der Waals surface area contributed by atoms with Crippen LogP contribution in [0.3, 0.4) is 0 Å². The fraction of sp³-hybridized carbons (Fsp3) is 0.615. The second kappa shape index (κ2) is 4.90. The van der Waals surface area contributed by atoms with E-state index >= 15 is 0 Å². The minimum atomic E-state index is -0.256. The molecule has 0 amide bonds. The Morgan fingerprint density at radius 1 is 1.25 bits per heavy atom. The lowest BCUT2D eigenvalue weighted by Crippen LogP contribution is -2.57. The molecule has 1 aromatic heterocycles. The molecule has 0 aliphatic carbocycles. The highest BCUT2D eigenvalue weighted by Gasteiger charge is 2.38. The number of rotatable bonds is 2. The number of oxime groups is 1. The van der Waals surface area contributed by atoms with Crippen molar-refractivity contribution in [1.82, 2.24) is 9.97 Å². The Hall–Kier alpha value is -1.89.